The molecule has 1 atom stereocenters. The molecule has 1 heterocycles. The largest absolute Gasteiger partial charge is 0.618 e. The maximum absolute atomic E-state index is 12.8. The molecule has 1 unspecified atom stereocenters. The van der Waals surface area contributed by atoms with Gasteiger partial charge in [-0.1, -0.05) is 12.1 Å². The van der Waals surface area contributed by atoms with Gasteiger partial charge in [-0.2, -0.15) is 4.73 Å². The minimum Gasteiger partial charge on any atom is -0.618 e. The van der Waals surface area contributed by atoms with Gasteiger partial charge in [0.15, 0.2) is 6.20 Å². The topological polar surface area (TPSA) is 104 Å². The number of aromatic nitrogens is 1. The first kappa shape index (κ1) is 16.9. The van der Waals surface area contributed by atoms with E-state index in [-0.39, 0.29) is 16.3 Å². The molecule has 0 saturated heterocycles. The fraction of sp³-hybridized carbons (Fsp3) is 0.267. The van der Waals surface area contributed by atoms with E-state index in [1.165, 1.54) is 51.1 Å². The Morgan fingerprint density at radius 1 is 1.17 bits per heavy atom. The molecule has 8 heteroatoms. The number of rotatable bonds is 4. The molecule has 0 bridgehead atoms. The summed E-state index contributed by atoms with van der Waals surface area (Å²) in [6.07, 6.45) is 1.12. The number of nitro groups is 1. The summed E-state index contributed by atoms with van der Waals surface area (Å²) in [5, 5.41) is 21.5. The summed E-state index contributed by atoms with van der Waals surface area (Å²) >= 11 is 0. The molecule has 0 aliphatic heterocycles. The Morgan fingerprint density at radius 2 is 1.83 bits per heavy atom. The Hall–Kier alpha value is -2.48. The van der Waals surface area contributed by atoms with Gasteiger partial charge >= 0.3 is 5.03 Å². The zero-order valence-corrected chi connectivity index (χ0v) is 13.7. The highest BCUT2D eigenvalue weighted by Crippen LogP contribution is 2.33. The summed E-state index contributed by atoms with van der Waals surface area (Å²) in [6.45, 7) is 4.46. The SMILES string of the molecule is Cc1ccc[n+]([O-])c1S(=O)(=O)C(C)c1cccc([N+](=O)[O-])c1C. The predicted molar refractivity (Wildman–Crippen MR) is 83.6 cm³/mol. The number of aryl methyl sites for hydroxylation is 1. The molecule has 0 N–H and O–H groups in total. The fourth-order valence-electron chi connectivity index (χ4n) is 2.54. The second-order valence-electron chi connectivity index (χ2n) is 5.26. The second-order valence-corrected chi connectivity index (χ2v) is 7.44. The van der Waals surface area contributed by atoms with Gasteiger partial charge in [0.05, 0.1) is 10.2 Å². The number of hydrogen-bond acceptors (Lipinski definition) is 5. The minimum atomic E-state index is -3.99. The van der Waals surface area contributed by atoms with E-state index in [0.29, 0.717) is 15.9 Å². The number of nitrogens with zero attached hydrogens (tertiary/aromatic N) is 2. The molecule has 0 radical (unpaired) electrons. The van der Waals surface area contributed by atoms with Gasteiger partial charge in [0.1, 0.15) is 0 Å². The van der Waals surface area contributed by atoms with Crippen molar-refractivity contribution in [3.8, 4) is 0 Å². The number of sulfone groups is 1. The Balaban J connectivity index is 2.63. The molecular formula is C15H16N2O5S. The van der Waals surface area contributed by atoms with Crippen molar-refractivity contribution in [3.63, 3.8) is 0 Å². The number of benzene rings is 1. The molecule has 0 saturated carbocycles. The van der Waals surface area contributed by atoms with Gasteiger partial charge in [0.25, 0.3) is 5.69 Å². The van der Waals surface area contributed by atoms with E-state index in [0.717, 1.165) is 6.20 Å². The van der Waals surface area contributed by atoms with Crippen LogP contribution >= 0.6 is 0 Å². The summed E-state index contributed by atoms with van der Waals surface area (Å²) in [6, 6.07) is 7.28. The van der Waals surface area contributed by atoms with Crippen molar-refractivity contribution < 1.29 is 18.1 Å². The van der Waals surface area contributed by atoms with Crippen LogP contribution in [0.1, 0.15) is 28.9 Å². The van der Waals surface area contributed by atoms with Gasteiger partial charge in [0.2, 0.25) is 9.84 Å². The fourth-order valence-corrected chi connectivity index (χ4v) is 4.29. The van der Waals surface area contributed by atoms with Crippen LogP contribution in [0.4, 0.5) is 5.69 Å². The molecule has 7 nitrogen and oxygen atoms in total. The normalized spacial score (nSPS) is 12.8. The average Bonchev–Trinajstić information content (AvgIpc) is 2.46. The summed E-state index contributed by atoms with van der Waals surface area (Å²) in [7, 11) is -3.99. The van der Waals surface area contributed by atoms with E-state index in [2.05, 4.69) is 0 Å². The average molecular weight is 336 g/mol. The van der Waals surface area contributed by atoms with Gasteiger partial charge < -0.3 is 5.21 Å². The zero-order chi connectivity index (χ0) is 17.4. The Morgan fingerprint density at radius 3 is 2.39 bits per heavy atom. The van der Waals surface area contributed by atoms with E-state index in [4.69, 9.17) is 0 Å². The number of hydrogen-bond donors (Lipinski definition) is 0. The van der Waals surface area contributed by atoms with Crippen LogP contribution in [0.2, 0.25) is 0 Å². The lowest BCUT2D eigenvalue weighted by atomic mass is 10.0. The smallest absolute Gasteiger partial charge is 0.312 e. The Labute approximate surface area is 133 Å². The van der Waals surface area contributed by atoms with Crippen LogP contribution in [-0.2, 0) is 9.84 Å². The number of nitro benzene ring substituents is 1. The van der Waals surface area contributed by atoms with Crippen molar-refractivity contribution in [2.24, 2.45) is 0 Å². The third-order valence-corrected chi connectivity index (χ3v) is 6.05. The van der Waals surface area contributed by atoms with Crippen LogP contribution in [0.25, 0.3) is 0 Å². The van der Waals surface area contributed by atoms with Crippen molar-refractivity contribution in [3.05, 3.63) is 68.5 Å². The van der Waals surface area contributed by atoms with Crippen LogP contribution < -0.4 is 4.73 Å². The molecule has 0 aliphatic carbocycles. The van der Waals surface area contributed by atoms with Gasteiger partial charge in [-0.3, -0.25) is 10.1 Å². The van der Waals surface area contributed by atoms with E-state index in [1.54, 1.807) is 0 Å². The van der Waals surface area contributed by atoms with Gasteiger partial charge in [0, 0.05) is 23.3 Å². The molecule has 0 amide bonds. The van der Waals surface area contributed by atoms with Gasteiger partial charge in [-0.15, -0.1) is 0 Å². The van der Waals surface area contributed by atoms with Gasteiger partial charge in [-0.25, -0.2) is 8.42 Å². The first-order valence-electron chi connectivity index (χ1n) is 6.84. The first-order valence-corrected chi connectivity index (χ1v) is 8.39. The Kier molecular flexibility index (Phi) is 4.37. The third kappa shape index (κ3) is 2.89. The van der Waals surface area contributed by atoms with E-state index < -0.39 is 20.0 Å². The highest BCUT2D eigenvalue weighted by Gasteiger charge is 2.35. The summed E-state index contributed by atoms with van der Waals surface area (Å²) in [4.78, 5) is 10.5. The lowest BCUT2D eigenvalue weighted by Crippen LogP contribution is -2.36. The molecule has 1 aromatic heterocycles. The second kappa shape index (κ2) is 5.96. The van der Waals surface area contributed by atoms with Crippen LogP contribution in [0.3, 0.4) is 0 Å². The molecule has 2 aromatic rings. The van der Waals surface area contributed by atoms with E-state index in [9.17, 15) is 23.7 Å². The van der Waals surface area contributed by atoms with Crippen LogP contribution in [0.5, 0.6) is 0 Å². The minimum absolute atomic E-state index is 0.149. The first-order chi connectivity index (χ1) is 10.7. The summed E-state index contributed by atoms with van der Waals surface area (Å²) in [5.74, 6) is 0. The highest BCUT2D eigenvalue weighted by atomic mass is 32.2. The van der Waals surface area contributed by atoms with Crippen LogP contribution in [0.15, 0.2) is 41.6 Å². The van der Waals surface area contributed by atoms with Crippen molar-refractivity contribution in [1.29, 1.82) is 0 Å². The molecule has 0 aliphatic rings. The molecule has 122 valence electrons. The maximum Gasteiger partial charge on any atom is 0.312 e. The van der Waals surface area contributed by atoms with Crippen molar-refractivity contribution >= 4 is 15.5 Å². The molecular weight excluding hydrogens is 320 g/mol. The number of pyridine rings is 1. The lowest BCUT2D eigenvalue weighted by molar-refractivity contribution is -0.647. The summed E-state index contributed by atoms with van der Waals surface area (Å²) < 4.78 is 25.9. The third-order valence-electron chi connectivity index (χ3n) is 3.82. The van der Waals surface area contributed by atoms with Crippen LogP contribution in [-0.4, -0.2) is 13.3 Å². The Bertz CT molecular complexity index is 857. The van der Waals surface area contributed by atoms with E-state index >= 15 is 0 Å². The van der Waals surface area contributed by atoms with Crippen molar-refractivity contribution in [2.75, 3.05) is 0 Å². The van der Waals surface area contributed by atoms with Crippen molar-refractivity contribution in [1.82, 2.24) is 0 Å². The molecule has 2 rings (SSSR count). The summed E-state index contributed by atoms with van der Waals surface area (Å²) in [5.41, 5.74) is 0.767. The van der Waals surface area contributed by atoms with Crippen molar-refractivity contribution in [2.45, 2.75) is 31.0 Å². The molecule has 1 aromatic carbocycles. The standard InChI is InChI=1S/C15H16N2O5S/c1-10-6-5-9-16(18)15(10)23(21,22)12(3)13-7-4-8-14(11(13)2)17(19)20/h4-9,12H,1-3H3. The molecule has 0 fully saturated rings. The lowest BCUT2D eigenvalue weighted by Gasteiger charge is -2.16. The van der Waals surface area contributed by atoms with Crippen LogP contribution in [0, 0.1) is 29.2 Å². The molecule has 0 spiro atoms. The predicted octanol–water partition coefficient (Wildman–Crippen LogP) is 2.38. The molecule has 23 heavy (non-hydrogen) atoms. The van der Waals surface area contributed by atoms with E-state index in [1.807, 2.05) is 0 Å². The van der Waals surface area contributed by atoms with Gasteiger partial charge in [-0.05, 0) is 32.4 Å². The zero-order valence-electron chi connectivity index (χ0n) is 12.9. The quantitative estimate of drug-likeness (QED) is 0.369. The monoisotopic (exact) mass is 336 g/mol. The highest BCUT2D eigenvalue weighted by molar-refractivity contribution is 7.91. The maximum atomic E-state index is 12.8.